The van der Waals surface area contributed by atoms with Gasteiger partial charge in [0.2, 0.25) is 0 Å². The van der Waals surface area contributed by atoms with Gasteiger partial charge < -0.3 is 9.47 Å². The van der Waals surface area contributed by atoms with Crippen molar-refractivity contribution < 1.29 is 9.47 Å². The fourth-order valence-corrected chi connectivity index (χ4v) is 2.38. The van der Waals surface area contributed by atoms with E-state index in [0.717, 1.165) is 32.2 Å². The molecule has 2 unspecified atom stereocenters. The van der Waals surface area contributed by atoms with Crippen molar-refractivity contribution in [1.82, 2.24) is 4.90 Å². The van der Waals surface area contributed by atoms with Crippen LogP contribution in [0.5, 0.6) is 0 Å². The molecule has 2 rings (SSSR count). The Morgan fingerprint density at radius 1 is 1.46 bits per heavy atom. The van der Waals surface area contributed by atoms with E-state index in [9.17, 15) is 0 Å². The molecule has 0 radical (unpaired) electrons. The highest BCUT2D eigenvalue weighted by atomic mass is 16.5. The quantitative estimate of drug-likeness (QED) is 0.647. The molecule has 3 nitrogen and oxygen atoms in total. The zero-order chi connectivity index (χ0) is 9.10. The fraction of sp³-hybridized carbons (Fsp3) is 1.00. The van der Waals surface area contributed by atoms with Gasteiger partial charge in [-0.1, -0.05) is 0 Å². The summed E-state index contributed by atoms with van der Waals surface area (Å²) in [4.78, 5) is 2.46. The number of hydrogen-bond acceptors (Lipinski definition) is 3. The highest BCUT2D eigenvalue weighted by Gasteiger charge is 2.34. The predicted octanol–water partition coefficient (Wildman–Crippen LogP) is 0.744. The first-order valence-electron chi connectivity index (χ1n) is 5.23. The Labute approximate surface area is 80.0 Å². The van der Waals surface area contributed by atoms with Gasteiger partial charge >= 0.3 is 0 Å². The summed E-state index contributed by atoms with van der Waals surface area (Å²) in [7, 11) is 1.76. The summed E-state index contributed by atoms with van der Waals surface area (Å²) in [6.07, 6.45) is 3.12. The number of hydrogen-bond donors (Lipinski definition) is 0. The van der Waals surface area contributed by atoms with Gasteiger partial charge in [0.1, 0.15) is 0 Å². The predicted molar refractivity (Wildman–Crippen MR) is 50.8 cm³/mol. The van der Waals surface area contributed by atoms with Gasteiger partial charge in [-0.05, 0) is 18.8 Å². The molecule has 0 aromatic rings. The van der Waals surface area contributed by atoms with E-state index in [4.69, 9.17) is 9.47 Å². The lowest BCUT2D eigenvalue weighted by Gasteiger charge is -2.24. The van der Waals surface area contributed by atoms with Crippen LogP contribution in [0, 0.1) is 5.92 Å². The molecule has 76 valence electrons. The van der Waals surface area contributed by atoms with E-state index in [2.05, 4.69) is 4.90 Å². The average molecular weight is 185 g/mol. The molecule has 0 spiro atoms. The maximum absolute atomic E-state index is 5.73. The summed E-state index contributed by atoms with van der Waals surface area (Å²) in [6, 6.07) is 0. The lowest BCUT2D eigenvalue weighted by molar-refractivity contribution is -0.00139. The number of ether oxygens (including phenoxy) is 2. The van der Waals surface area contributed by atoms with Gasteiger partial charge in [0.25, 0.3) is 0 Å². The second kappa shape index (κ2) is 4.40. The van der Waals surface area contributed by atoms with Gasteiger partial charge in [-0.15, -0.1) is 0 Å². The van der Waals surface area contributed by atoms with Crippen molar-refractivity contribution in [3.05, 3.63) is 0 Å². The van der Waals surface area contributed by atoms with Crippen LogP contribution in [0.1, 0.15) is 12.8 Å². The third kappa shape index (κ3) is 2.22. The van der Waals surface area contributed by atoms with E-state index in [1.54, 1.807) is 7.11 Å². The van der Waals surface area contributed by atoms with E-state index in [1.165, 1.54) is 19.4 Å². The van der Waals surface area contributed by atoms with Crippen LogP contribution in [-0.4, -0.2) is 51.0 Å². The molecule has 0 aromatic heterocycles. The van der Waals surface area contributed by atoms with E-state index in [-0.39, 0.29) is 0 Å². The third-order valence-corrected chi connectivity index (χ3v) is 3.12. The van der Waals surface area contributed by atoms with Crippen LogP contribution in [0.4, 0.5) is 0 Å². The highest BCUT2D eigenvalue weighted by Crippen LogP contribution is 2.27. The second-order valence-corrected chi connectivity index (χ2v) is 4.06. The van der Waals surface area contributed by atoms with Crippen LogP contribution in [0.2, 0.25) is 0 Å². The molecule has 0 bridgehead atoms. The van der Waals surface area contributed by atoms with E-state index >= 15 is 0 Å². The molecule has 2 fully saturated rings. The summed E-state index contributed by atoms with van der Waals surface area (Å²) in [5.74, 6) is 0.797. The molecule has 2 aliphatic heterocycles. The summed E-state index contributed by atoms with van der Waals surface area (Å²) in [6.45, 7) is 5.22. The topological polar surface area (TPSA) is 21.7 Å². The van der Waals surface area contributed by atoms with Crippen LogP contribution in [0.15, 0.2) is 0 Å². The van der Waals surface area contributed by atoms with Gasteiger partial charge in [-0.2, -0.15) is 0 Å². The van der Waals surface area contributed by atoms with Crippen LogP contribution < -0.4 is 0 Å². The Morgan fingerprint density at radius 3 is 3.15 bits per heavy atom. The molecule has 0 N–H and O–H groups in total. The van der Waals surface area contributed by atoms with Crippen molar-refractivity contribution in [3.63, 3.8) is 0 Å². The molecule has 2 aliphatic rings. The molecule has 2 atom stereocenters. The third-order valence-electron chi connectivity index (χ3n) is 3.12. The number of methoxy groups -OCH3 is 1. The minimum Gasteiger partial charge on any atom is -0.383 e. The fourth-order valence-electron chi connectivity index (χ4n) is 2.38. The Kier molecular flexibility index (Phi) is 3.19. The molecular weight excluding hydrogens is 166 g/mol. The van der Waals surface area contributed by atoms with Gasteiger partial charge in [-0.25, -0.2) is 0 Å². The molecule has 0 saturated carbocycles. The van der Waals surface area contributed by atoms with Crippen LogP contribution in [0.25, 0.3) is 0 Å². The van der Waals surface area contributed by atoms with Crippen LogP contribution in [0.3, 0.4) is 0 Å². The Balaban J connectivity index is 1.77. The Bertz CT molecular complexity index is 149. The molecule has 13 heavy (non-hydrogen) atoms. The molecule has 0 aromatic carbocycles. The van der Waals surface area contributed by atoms with Crippen molar-refractivity contribution in [2.24, 2.45) is 5.92 Å². The van der Waals surface area contributed by atoms with Crippen LogP contribution >= 0.6 is 0 Å². The largest absolute Gasteiger partial charge is 0.383 e. The minimum atomic E-state index is 0.519. The SMILES string of the molecule is COCCN1CC2CCCOC2C1. The summed E-state index contributed by atoms with van der Waals surface area (Å²) >= 11 is 0. The van der Waals surface area contributed by atoms with Crippen molar-refractivity contribution in [3.8, 4) is 0 Å². The molecular formula is C10H19NO2. The average Bonchev–Trinajstić information content (AvgIpc) is 2.57. The number of nitrogens with zero attached hydrogens (tertiary/aromatic N) is 1. The van der Waals surface area contributed by atoms with Gasteiger partial charge in [0.15, 0.2) is 0 Å². The normalized spacial score (nSPS) is 34.8. The first-order chi connectivity index (χ1) is 6.40. The summed E-state index contributed by atoms with van der Waals surface area (Å²) in [5, 5.41) is 0. The summed E-state index contributed by atoms with van der Waals surface area (Å²) < 4.78 is 10.8. The van der Waals surface area contributed by atoms with Crippen LogP contribution in [-0.2, 0) is 9.47 Å². The molecule has 0 aliphatic carbocycles. The van der Waals surface area contributed by atoms with Crippen molar-refractivity contribution in [2.45, 2.75) is 18.9 Å². The molecule has 2 heterocycles. The van der Waals surface area contributed by atoms with Crippen molar-refractivity contribution in [2.75, 3.05) is 40.0 Å². The first-order valence-corrected chi connectivity index (χ1v) is 5.23. The van der Waals surface area contributed by atoms with E-state index in [1.807, 2.05) is 0 Å². The summed E-state index contributed by atoms with van der Waals surface area (Å²) in [5.41, 5.74) is 0. The lowest BCUT2D eigenvalue weighted by atomic mass is 9.98. The number of likely N-dealkylation sites (tertiary alicyclic amines) is 1. The number of rotatable bonds is 3. The number of fused-ring (bicyclic) bond motifs is 1. The van der Waals surface area contributed by atoms with Crippen molar-refractivity contribution in [1.29, 1.82) is 0 Å². The smallest absolute Gasteiger partial charge is 0.0742 e. The van der Waals surface area contributed by atoms with E-state index < -0.39 is 0 Å². The Morgan fingerprint density at radius 2 is 2.38 bits per heavy atom. The standard InChI is InChI=1S/C10H19NO2/c1-12-6-4-11-7-9-3-2-5-13-10(9)8-11/h9-10H,2-8H2,1H3. The Hall–Kier alpha value is -0.120. The monoisotopic (exact) mass is 185 g/mol. The second-order valence-electron chi connectivity index (χ2n) is 4.06. The highest BCUT2D eigenvalue weighted by molar-refractivity contribution is 4.86. The first kappa shape index (κ1) is 9.44. The molecule has 0 amide bonds. The molecule has 3 heteroatoms. The van der Waals surface area contributed by atoms with Gasteiger partial charge in [0, 0.05) is 33.4 Å². The molecule has 2 saturated heterocycles. The lowest BCUT2D eigenvalue weighted by Crippen LogP contribution is -2.28. The van der Waals surface area contributed by atoms with Gasteiger partial charge in [0.05, 0.1) is 12.7 Å². The zero-order valence-electron chi connectivity index (χ0n) is 8.37. The maximum atomic E-state index is 5.73. The van der Waals surface area contributed by atoms with E-state index in [0.29, 0.717) is 6.10 Å². The minimum absolute atomic E-state index is 0.519. The van der Waals surface area contributed by atoms with Crippen molar-refractivity contribution >= 4 is 0 Å². The zero-order valence-corrected chi connectivity index (χ0v) is 8.37. The van der Waals surface area contributed by atoms with Gasteiger partial charge in [-0.3, -0.25) is 4.90 Å². The maximum Gasteiger partial charge on any atom is 0.0742 e.